The van der Waals surface area contributed by atoms with Gasteiger partial charge in [-0.05, 0) is 41.9 Å². The van der Waals surface area contributed by atoms with Crippen LogP contribution in [0.15, 0.2) is 27.6 Å². The van der Waals surface area contributed by atoms with E-state index in [0.717, 1.165) is 0 Å². The van der Waals surface area contributed by atoms with Gasteiger partial charge < -0.3 is 5.73 Å². The van der Waals surface area contributed by atoms with Crippen LogP contribution < -0.4 is 10.5 Å². The maximum Gasteiger partial charge on any atom is 0.244 e. The first-order valence-corrected chi connectivity index (χ1v) is 7.15. The second-order valence-electron chi connectivity index (χ2n) is 4.25. The Morgan fingerprint density at radius 3 is 2.50 bits per heavy atom. The summed E-state index contributed by atoms with van der Waals surface area (Å²) in [6, 6.07) is 4.09. The highest BCUT2D eigenvalue weighted by atomic mass is 79.9. The highest BCUT2D eigenvalue weighted by Crippen LogP contribution is 2.23. The molecule has 0 saturated carbocycles. The molecular formula is C10H15BrClFN2O2S. The predicted molar refractivity (Wildman–Crippen MR) is 74.8 cm³/mol. The molecular weight excluding hydrogens is 347 g/mol. The standard InChI is InChI=1S/C10H14BrFN2O2S.ClH/c1-10(2,6-13)14-17(15,16)8-5-3-4-7(11)9(8)12;/h3-5,14H,6,13H2,1-2H3;1H. The van der Waals surface area contributed by atoms with Crippen molar-refractivity contribution in [1.82, 2.24) is 4.72 Å². The molecule has 0 saturated heterocycles. The lowest BCUT2D eigenvalue weighted by atomic mass is 10.1. The van der Waals surface area contributed by atoms with E-state index in [1.807, 2.05) is 0 Å². The molecule has 1 aromatic rings. The largest absolute Gasteiger partial charge is 0.329 e. The average Bonchev–Trinajstić information content (AvgIpc) is 2.20. The number of nitrogens with one attached hydrogen (secondary N) is 1. The lowest BCUT2D eigenvalue weighted by molar-refractivity contribution is 0.459. The molecule has 0 aromatic heterocycles. The molecule has 1 aromatic carbocycles. The van der Waals surface area contributed by atoms with Gasteiger partial charge in [0.25, 0.3) is 0 Å². The topological polar surface area (TPSA) is 72.2 Å². The van der Waals surface area contributed by atoms with Crippen molar-refractivity contribution in [2.45, 2.75) is 24.3 Å². The maximum atomic E-state index is 13.7. The molecule has 0 spiro atoms. The van der Waals surface area contributed by atoms with Gasteiger partial charge in [0.05, 0.1) is 4.47 Å². The van der Waals surface area contributed by atoms with Gasteiger partial charge in [0.1, 0.15) is 4.90 Å². The van der Waals surface area contributed by atoms with Gasteiger partial charge in [-0.3, -0.25) is 0 Å². The van der Waals surface area contributed by atoms with E-state index >= 15 is 0 Å². The van der Waals surface area contributed by atoms with E-state index in [0.29, 0.717) is 0 Å². The molecule has 0 atom stereocenters. The normalized spacial score (nSPS) is 12.1. The summed E-state index contributed by atoms with van der Waals surface area (Å²) in [7, 11) is -3.92. The van der Waals surface area contributed by atoms with Crippen molar-refractivity contribution in [1.29, 1.82) is 0 Å². The first-order chi connectivity index (χ1) is 7.69. The van der Waals surface area contributed by atoms with Crippen LogP contribution in [0, 0.1) is 5.82 Å². The summed E-state index contributed by atoms with van der Waals surface area (Å²) in [5.74, 6) is -0.812. The third-order valence-corrected chi connectivity index (χ3v) is 4.45. The fourth-order valence-electron chi connectivity index (χ4n) is 1.15. The molecule has 0 unspecified atom stereocenters. The molecule has 1 rings (SSSR count). The third kappa shape index (κ3) is 4.17. The number of nitrogens with two attached hydrogens (primary N) is 1. The van der Waals surface area contributed by atoms with Crippen molar-refractivity contribution in [3.8, 4) is 0 Å². The van der Waals surface area contributed by atoms with Crippen LogP contribution in [0.1, 0.15) is 13.8 Å². The summed E-state index contributed by atoms with van der Waals surface area (Å²) in [4.78, 5) is -0.395. The number of halogens is 3. The van der Waals surface area contributed by atoms with Gasteiger partial charge in [-0.15, -0.1) is 12.4 Å². The van der Waals surface area contributed by atoms with Gasteiger partial charge >= 0.3 is 0 Å². The average molecular weight is 362 g/mol. The zero-order valence-corrected chi connectivity index (χ0v) is 13.1. The van der Waals surface area contributed by atoms with E-state index < -0.39 is 26.3 Å². The predicted octanol–water partition coefficient (Wildman–Crippen LogP) is 2.03. The SMILES string of the molecule is CC(C)(CN)NS(=O)(=O)c1cccc(Br)c1F.Cl. The Morgan fingerprint density at radius 1 is 1.44 bits per heavy atom. The lowest BCUT2D eigenvalue weighted by Gasteiger charge is -2.24. The Labute approximate surface area is 121 Å². The summed E-state index contributed by atoms with van der Waals surface area (Å²) >= 11 is 2.94. The number of hydrogen-bond donors (Lipinski definition) is 2. The van der Waals surface area contributed by atoms with Crippen molar-refractivity contribution in [3.63, 3.8) is 0 Å². The third-order valence-electron chi connectivity index (χ3n) is 2.13. The van der Waals surface area contributed by atoms with Crippen LogP contribution in [0.4, 0.5) is 4.39 Å². The molecule has 4 nitrogen and oxygen atoms in total. The van der Waals surface area contributed by atoms with E-state index in [-0.39, 0.29) is 23.4 Å². The van der Waals surface area contributed by atoms with Crippen LogP contribution in [0.3, 0.4) is 0 Å². The van der Waals surface area contributed by atoms with Crippen molar-refractivity contribution in [2.24, 2.45) is 5.73 Å². The molecule has 0 fully saturated rings. The Balaban J connectivity index is 0.00000289. The quantitative estimate of drug-likeness (QED) is 0.862. The Morgan fingerprint density at radius 2 is 2.00 bits per heavy atom. The molecule has 0 amide bonds. The molecule has 0 radical (unpaired) electrons. The van der Waals surface area contributed by atoms with Gasteiger partial charge in [-0.1, -0.05) is 6.07 Å². The van der Waals surface area contributed by atoms with Crippen molar-refractivity contribution in [2.75, 3.05) is 6.54 Å². The zero-order chi connectivity index (χ0) is 13.3. The summed E-state index contributed by atoms with van der Waals surface area (Å²) < 4.78 is 40.0. The van der Waals surface area contributed by atoms with Crippen LogP contribution >= 0.6 is 28.3 Å². The molecule has 0 aliphatic heterocycles. The summed E-state index contributed by atoms with van der Waals surface area (Å²) in [6.45, 7) is 3.36. The second-order valence-corrected chi connectivity index (χ2v) is 6.75. The number of hydrogen-bond acceptors (Lipinski definition) is 3. The summed E-state index contributed by atoms with van der Waals surface area (Å²) in [5, 5.41) is 0. The van der Waals surface area contributed by atoms with E-state index in [2.05, 4.69) is 20.7 Å². The minimum atomic E-state index is -3.92. The van der Waals surface area contributed by atoms with E-state index in [4.69, 9.17) is 5.73 Å². The Kier molecular flexibility index (Phi) is 6.22. The van der Waals surface area contributed by atoms with Gasteiger partial charge in [0.2, 0.25) is 10.0 Å². The number of rotatable bonds is 4. The van der Waals surface area contributed by atoms with Crippen LogP contribution in [-0.4, -0.2) is 20.5 Å². The molecule has 8 heteroatoms. The van der Waals surface area contributed by atoms with E-state index in [1.165, 1.54) is 18.2 Å². The van der Waals surface area contributed by atoms with Crippen LogP contribution in [0.5, 0.6) is 0 Å². The van der Waals surface area contributed by atoms with E-state index in [9.17, 15) is 12.8 Å². The van der Waals surface area contributed by atoms with Gasteiger partial charge in [0.15, 0.2) is 5.82 Å². The monoisotopic (exact) mass is 360 g/mol. The van der Waals surface area contributed by atoms with Crippen molar-refractivity contribution < 1.29 is 12.8 Å². The molecule has 0 heterocycles. The minimum absolute atomic E-state index is 0. The highest BCUT2D eigenvalue weighted by molar-refractivity contribution is 9.10. The van der Waals surface area contributed by atoms with Crippen LogP contribution in [0.25, 0.3) is 0 Å². The summed E-state index contributed by atoms with van der Waals surface area (Å²) in [5.41, 5.74) is 4.60. The first kappa shape index (κ1) is 17.8. The molecule has 104 valence electrons. The molecule has 18 heavy (non-hydrogen) atoms. The number of benzene rings is 1. The highest BCUT2D eigenvalue weighted by Gasteiger charge is 2.27. The minimum Gasteiger partial charge on any atom is -0.329 e. The second kappa shape index (κ2) is 6.29. The molecule has 0 aliphatic carbocycles. The molecule has 0 aliphatic rings. The summed E-state index contributed by atoms with van der Waals surface area (Å²) in [6.07, 6.45) is 0. The van der Waals surface area contributed by atoms with Crippen LogP contribution in [0.2, 0.25) is 0 Å². The maximum absolute atomic E-state index is 13.7. The lowest BCUT2D eigenvalue weighted by Crippen LogP contribution is -2.48. The van der Waals surface area contributed by atoms with Crippen molar-refractivity contribution >= 4 is 38.4 Å². The zero-order valence-electron chi connectivity index (χ0n) is 9.91. The Hall–Kier alpha value is -0.210. The van der Waals surface area contributed by atoms with Gasteiger partial charge in [-0.25, -0.2) is 17.5 Å². The van der Waals surface area contributed by atoms with Crippen molar-refractivity contribution in [3.05, 3.63) is 28.5 Å². The van der Waals surface area contributed by atoms with E-state index in [1.54, 1.807) is 13.8 Å². The Bertz CT molecular complexity index is 523. The van der Waals surface area contributed by atoms with Crippen LogP contribution in [-0.2, 0) is 10.0 Å². The molecule has 0 bridgehead atoms. The first-order valence-electron chi connectivity index (χ1n) is 4.88. The fourth-order valence-corrected chi connectivity index (χ4v) is 3.17. The van der Waals surface area contributed by atoms with Gasteiger partial charge in [0, 0.05) is 12.1 Å². The molecule has 3 N–H and O–H groups in total. The fraction of sp³-hybridized carbons (Fsp3) is 0.400. The number of sulfonamides is 1. The van der Waals surface area contributed by atoms with Gasteiger partial charge in [-0.2, -0.15) is 0 Å². The smallest absolute Gasteiger partial charge is 0.244 e.